The van der Waals surface area contributed by atoms with E-state index in [0.29, 0.717) is 11.8 Å². The fourth-order valence-electron chi connectivity index (χ4n) is 4.14. The molecule has 4 heterocycles. The third-order valence-electron chi connectivity index (χ3n) is 5.24. The van der Waals surface area contributed by atoms with E-state index in [1.165, 1.54) is 12.1 Å². The van der Waals surface area contributed by atoms with E-state index in [1.807, 2.05) is 17.7 Å². The van der Waals surface area contributed by atoms with Crippen LogP contribution in [0, 0.1) is 12.8 Å². The molecule has 24 heavy (non-hydrogen) atoms. The van der Waals surface area contributed by atoms with Crippen LogP contribution in [0.4, 0.5) is 0 Å². The summed E-state index contributed by atoms with van der Waals surface area (Å²) in [5, 5.41) is 3.51. The smallest absolute Gasteiger partial charge is 0.251 e. The van der Waals surface area contributed by atoms with Gasteiger partial charge in [0.2, 0.25) is 0 Å². The van der Waals surface area contributed by atoms with Crippen molar-refractivity contribution in [3.63, 3.8) is 0 Å². The Morgan fingerprint density at radius 3 is 3.04 bits per heavy atom. The van der Waals surface area contributed by atoms with Gasteiger partial charge >= 0.3 is 0 Å². The number of rotatable bonds is 3. The third-order valence-corrected chi connectivity index (χ3v) is 5.24. The summed E-state index contributed by atoms with van der Waals surface area (Å²) >= 11 is 0. The summed E-state index contributed by atoms with van der Waals surface area (Å²) in [4.78, 5) is 21.7. The molecule has 1 fully saturated rings. The first-order valence-corrected chi connectivity index (χ1v) is 8.94. The molecule has 5 heteroatoms. The highest BCUT2D eigenvalue weighted by Crippen LogP contribution is 2.34. The number of nitrogens with one attached hydrogen (secondary N) is 1. The molecule has 4 rings (SSSR count). The average Bonchev–Trinajstić information content (AvgIpc) is 2.58. The van der Waals surface area contributed by atoms with Crippen LogP contribution in [0.3, 0.4) is 0 Å². The van der Waals surface area contributed by atoms with E-state index in [4.69, 9.17) is 0 Å². The van der Waals surface area contributed by atoms with Gasteiger partial charge in [-0.3, -0.25) is 4.79 Å². The number of hydrogen-bond acceptors (Lipinski definition) is 4. The normalized spacial score (nSPS) is 22.2. The monoisotopic (exact) mass is 324 g/mol. The molecule has 0 spiro atoms. The molecule has 0 amide bonds. The largest absolute Gasteiger partial charge is 0.316 e. The average molecular weight is 324 g/mol. The van der Waals surface area contributed by atoms with Crippen molar-refractivity contribution in [1.82, 2.24) is 19.9 Å². The van der Waals surface area contributed by atoms with Crippen molar-refractivity contribution in [2.24, 2.45) is 5.92 Å². The van der Waals surface area contributed by atoms with Crippen molar-refractivity contribution in [3.8, 4) is 11.3 Å². The van der Waals surface area contributed by atoms with Gasteiger partial charge < -0.3 is 9.88 Å². The summed E-state index contributed by atoms with van der Waals surface area (Å²) in [6, 6.07) is 3.95. The van der Waals surface area contributed by atoms with E-state index in [-0.39, 0.29) is 5.56 Å². The van der Waals surface area contributed by atoms with Gasteiger partial charge in [0, 0.05) is 42.5 Å². The second-order valence-electron chi connectivity index (χ2n) is 7.12. The Morgan fingerprint density at radius 2 is 2.21 bits per heavy atom. The van der Waals surface area contributed by atoms with E-state index in [2.05, 4.69) is 28.3 Å². The highest BCUT2D eigenvalue weighted by Gasteiger charge is 2.31. The van der Waals surface area contributed by atoms with Gasteiger partial charge in [-0.05, 0) is 43.9 Å². The fraction of sp³-hybridized carbons (Fsp3) is 0.526. The molecule has 126 valence electrons. The molecular formula is C19H24N4O. The lowest BCUT2D eigenvalue weighted by atomic mass is 9.83. The van der Waals surface area contributed by atoms with Crippen LogP contribution in [-0.2, 0) is 13.0 Å². The molecule has 0 radical (unpaired) electrons. The zero-order chi connectivity index (χ0) is 16.7. The summed E-state index contributed by atoms with van der Waals surface area (Å²) in [5.41, 5.74) is 4.28. The van der Waals surface area contributed by atoms with Gasteiger partial charge in [-0.1, -0.05) is 13.3 Å². The molecule has 1 saturated heterocycles. The Balaban J connectivity index is 1.85. The van der Waals surface area contributed by atoms with Crippen LogP contribution in [0.5, 0.6) is 0 Å². The number of aromatic nitrogens is 3. The van der Waals surface area contributed by atoms with Gasteiger partial charge in [-0.25, -0.2) is 9.97 Å². The molecule has 2 aromatic rings. The lowest BCUT2D eigenvalue weighted by Crippen LogP contribution is -2.44. The predicted octanol–water partition coefficient (Wildman–Crippen LogP) is 2.27. The van der Waals surface area contributed by atoms with E-state index < -0.39 is 0 Å². The van der Waals surface area contributed by atoms with Gasteiger partial charge in [0.25, 0.3) is 5.56 Å². The standard InChI is InChI=1S/C19H24N4O/c1-3-4-14-10-21-12(2)22-19(14)15-6-17-16-5-13(8-20-9-16)11-23(17)18(24)7-15/h6-7,10,13,16,20H,3-5,8-9,11H2,1-2H3/t13-,16+/m0/s1. The molecule has 2 aliphatic heterocycles. The number of hydrogen-bond donors (Lipinski definition) is 1. The minimum atomic E-state index is 0.109. The van der Waals surface area contributed by atoms with E-state index in [1.54, 1.807) is 6.07 Å². The SMILES string of the molecule is CCCc1cnc(C)nc1-c1cc2n(c(=O)c1)C[C@@H]1CNC[C@H]2C1. The predicted molar refractivity (Wildman–Crippen MR) is 94.2 cm³/mol. The number of nitrogens with zero attached hydrogens (tertiary/aromatic N) is 3. The van der Waals surface area contributed by atoms with E-state index >= 15 is 0 Å². The van der Waals surface area contributed by atoms with Crippen molar-refractivity contribution < 1.29 is 0 Å². The minimum Gasteiger partial charge on any atom is -0.316 e. The highest BCUT2D eigenvalue weighted by atomic mass is 16.1. The molecule has 1 N–H and O–H groups in total. The van der Waals surface area contributed by atoms with Crippen LogP contribution >= 0.6 is 0 Å². The summed E-state index contributed by atoms with van der Waals surface area (Å²) in [7, 11) is 0. The van der Waals surface area contributed by atoms with Crippen LogP contribution < -0.4 is 10.9 Å². The first kappa shape index (κ1) is 15.5. The number of piperidine rings is 1. The zero-order valence-corrected chi connectivity index (χ0v) is 14.4. The van der Waals surface area contributed by atoms with Crippen molar-refractivity contribution in [2.45, 2.75) is 45.6 Å². The Labute approximate surface area is 142 Å². The molecule has 0 aromatic carbocycles. The van der Waals surface area contributed by atoms with Gasteiger partial charge in [-0.2, -0.15) is 0 Å². The molecular weight excluding hydrogens is 300 g/mol. The summed E-state index contributed by atoms with van der Waals surface area (Å²) < 4.78 is 1.98. The van der Waals surface area contributed by atoms with Crippen molar-refractivity contribution in [1.29, 1.82) is 0 Å². The van der Waals surface area contributed by atoms with Crippen molar-refractivity contribution in [2.75, 3.05) is 13.1 Å². The topological polar surface area (TPSA) is 59.8 Å². The van der Waals surface area contributed by atoms with Crippen molar-refractivity contribution >= 4 is 0 Å². The first-order valence-electron chi connectivity index (χ1n) is 8.94. The van der Waals surface area contributed by atoms with Gasteiger partial charge in [-0.15, -0.1) is 0 Å². The molecule has 0 unspecified atom stereocenters. The van der Waals surface area contributed by atoms with Crippen LogP contribution in [0.1, 0.15) is 42.8 Å². The summed E-state index contributed by atoms with van der Waals surface area (Å²) in [6.45, 7) is 6.88. The molecule has 2 aliphatic rings. The van der Waals surface area contributed by atoms with Crippen LogP contribution in [-0.4, -0.2) is 27.6 Å². The Morgan fingerprint density at radius 1 is 1.33 bits per heavy atom. The molecule has 5 nitrogen and oxygen atoms in total. The first-order chi connectivity index (χ1) is 11.7. The maximum absolute atomic E-state index is 12.7. The van der Waals surface area contributed by atoms with E-state index in [9.17, 15) is 4.79 Å². The minimum absolute atomic E-state index is 0.109. The lowest BCUT2D eigenvalue weighted by Gasteiger charge is -2.37. The maximum atomic E-state index is 12.7. The van der Waals surface area contributed by atoms with Crippen molar-refractivity contribution in [3.05, 3.63) is 45.8 Å². The van der Waals surface area contributed by atoms with Crippen LogP contribution in [0.25, 0.3) is 11.3 Å². The molecule has 0 aliphatic carbocycles. The molecule has 0 saturated carbocycles. The molecule has 2 bridgehead atoms. The second-order valence-corrected chi connectivity index (χ2v) is 7.12. The van der Waals surface area contributed by atoms with E-state index in [0.717, 1.165) is 55.1 Å². The maximum Gasteiger partial charge on any atom is 0.251 e. The quantitative estimate of drug-likeness (QED) is 0.941. The fourth-order valence-corrected chi connectivity index (χ4v) is 4.14. The number of pyridine rings is 1. The van der Waals surface area contributed by atoms with Gasteiger partial charge in [0.1, 0.15) is 5.82 Å². The summed E-state index contributed by atoms with van der Waals surface area (Å²) in [6.07, 6.45) is 5.07. The second kappa shape index (κ2) is 6.13. The number of fused-ring (bicyclic) bond motifs is 4. The van der Waals surface area contributed by atoms with Gasteiger partial charge in [0.05, 0.1) is 5.69 Å². The lowest BCUT2D eigenvalue weighted by molar-refractivity contribution is 0.257. The summed E-state index contributed by atoms with van der Waals surface area (Å²) in [5.74, 6) is 1.77. The number of aryl methyl sites for hydroxylation is 2. The van der Waals surface area contributed by atoms with Crippen LogP contribution in [0.15, 0.2) is 23.1 Å². The van der Waals surface area contributed by atoms with Gasteiger partial charge in [0.15, 0.2) is 0 Å². The third kappa shape index (κ3) is 2.67. The Bertz CT molecular complexity index is 827. The Hall–Kier alpha value is -2.01. The molecule has 2 aromatic heterocycles. The zero-order valence-electron chi connectivity index (χ0n) is 14.4. The Kier molecular flexibility index (Phi) is 3.96. The highest BCUT2D eigenvalue weighted by molar-refractivity contribution is 5.63. The van der Waals surface area contributed by atoms with Crippen LogP contribution in [0.2, 0.25) is 0 Å². The molecule has 2 atom stereocenters.